The van der Waals surface area contributed by atoms with Crippen LogP contribution in [0.3, 0.4) is 0 Å². The van der Waals surface area contributed by atoms with E-state index in [0.29, 0.717) is 41.6 Å². The largest absolute Gasteiger partial charge is 0.461 e. The van der Waals surface area contributed by atoms with E-state index in [4.69, 9.17) is 20.8 Å². The predicted octanol–water partition coefficient (Wildman–Crippen LogP) is 5.12. The molecule has 1 aliphatic rings. The summed E-state index contributed by atoms with van der Waals surface area (Å²) in [5, 5.41) is 10.7. The van der Waals surface area contributed by atoms with Crippen molar-refractivity contribution in [2.24, 2.45) is 0 Å². The van der Waals surface area contributed by atoms with Crippen LogP contribution in [-0.4, -0.2) is 37.3 Å². The molecule has 0 radical (unpaired) electrons. The fourth-order valence-electron chi connectivity index (χ4n) is 3.76. The fraction of sp³-hybridized carbons (Fsp3) is 0.522. The van der Waals surface area contributed by atoms with Gasteiger partial charge in [0, 0.05) is 12.8 Å². The van der Waals surface area contributed by atoms with Crippen LogP contribution in [0.25, 0.3) is 22.7 Å². The summed E-state index contributed by atoms with van der Waals surface area (Å²) in [5.41, 5.74) is 0.901. The van der Waals surface area contributed by atoms with Crippen molar-refractivity contribution in [3.05, 3.63) is 29.4 Å². The molecule has 8 heteroatoms. The van der Waals surface area contributed by atoms with Crippen LogP contribution >= 0.6 is 11.6 Å². The first-order valence-electron chi connectivity index (χ1n) is 11.0. The van der Waals surface area contributed by atoms with Gasteiger partial charge in [0.05, 0.1) is 12.9 Å². The summed E-state index contributed by atoms with van der Waals surface area (Å²) in [7, 11) is 0. The number of rotatable bonds is 8. The van der Waals surface area contributed by atoms with Gasteiger partial charge in [-0.05, 0) is 24.5 Å². The zero-order valence-corrected chi connectivity index (χ0v) is 18.4. The van der Waals surface area contributed by atoms with Crippen molar-refractivity contribution < 1.29 is 14.3 Å². The van der Waals surface area contributed by atoms with Crippen LogP contribution in [0.1, 0.15) is 70.3 Å². The number of aliphatic hydroxyl groups is 1. The number of halogens is 1. The molecule has 0 saturated carbocycles. The molecule has 1 N–H and O–H groups in total. The Balaban J connectivity index is 1.61. The highest BCUT2D eigenvalue weighted by Crippen LogP contribution is 2.35. The molecule has 7 nitrogen and oxygen atoms in total. The second kappa shape index (κ2) is 10.3. The Kier molecular flexibility index (Phi) is 7.23. The van der Waals surface area contributed by atoms with E-state index in [1.165, 1.54) is 32.1 Å². The zero-order valence-electron chi connectivity index (χ0n) is 17.7. The molecular formula is C23H27ClN4O3. The summed E-state index contributed by atoms with van der Waals surface area (Å²) < 4.78 is 13.1. The molecule has 4 rings (SSSR count). The minimum absolute atomic E-state index is 0.216. The first-order valence-corrected chi connectivity index (χ1v) is 11.3. The first-order chi connectivity index (χ1) is 15.2. The van der Waals surface area contributed by atoms with Gasteiger partial charge in [-0.25, -0.2) is 15.0 Å². The van der Waals surface area contributed by atoms with Crippen LogP contribution in [0, 0.1) is 11.8 Å². The molecule has 31 heavy (non-hydrogen) atoms. The Bertz CT molecular complexity index is 1070. The Morgan fingerprint density at radius 1 is 1.19 bits per heavy atom. The number of hydrogen-bond acceptors (Lipinski definition) is 6. The van der Waals surface area contributed by atoms with Crippen LogP contribution in [0.5, 0.6) is 0 Å². The van der Waals surface area contributed by atoms with Crippen molar-refractivity contribution in [1.29, 1.82) is 0 Å². The molecule has 3 aromatic rings. The predicted molar refractivity (Wildman–Crippen MR) is 119 cm³/mol. The van der Waals surface area contributed by atoms with Gasteiger partial charge in [0.25, 0.3) is 0 Å². The lowest BCUT2D eigenvalue weighted by molar-refractivity contribution is -0.00536. The van der Waals surface area contributed by atoms with Gasteiger partial charge in [0.15, 0.2) is 28.6 Å². The summed E-state index contributed by atoms with van der Waals surface area (Å²) in [6.45, 7) is 2.67. The van der Waals surface area contributed by atoms with E-state index in [1.807, 2.05) is 0 Å². The van der Waals surface area contributed by atoms with Gasteiger partial charge in [-0.1, -0.05) is 56.5 Å². The molecule has 0 spiro atoms. The lowest BCUT2D eigenvalue weighted by Crippen LogP contribution is -2.20. The molecule has 0 unspecified atom stereocenters. The summed E-state index contributed by atoms with van der Waals surface area (Å²) in [6.07, 6.45) is 8.93. The number of aromatic nitrogens is 4. The summed E-state index contributed by atoms with van der Waals surface area (Å²) in [6, 6.07) is 3.57. The van der Waals surface area contributed by atoms with Crippen molar-refractivity contribution in [3.8, 4) is 23.4 Å². The lowest BCUT2D eigenvalue weighted by Gasteiger charge is -2.18. The van der Waals surface area contributed by atoms with Crippen molar-refractivity contribution >= 4 is 22.8 Å². The summed E-state index contributed by atoms with van der Waals surface area (Å²) in [5.74, 6) is 7.54. The highest BCUT2D eigenvalue weighted by molar-refractivity contribution is 6.33. The molecular weight excluding hydrogens is 416 g/mol. The highest BCUT2D eigenvalue weighted by Gasteiger charge is 2.33. The maximum atomic E-state index is 10.5. The number of unbranched alkanes of at least 4 members (excludes halogenated alkanes) is 6. The maximum Gasteiger partial charge on any atom is 0.208 e. The average Bonchev–Trinajstić information content (AvgIpc) is 3.49. The molecule has 0 aliphatic carbocycles. The van der Waals surface area contributed by atoms with Gasteiger partial charge in [0.1, 0.15) is 11.6 Å². The number of imidazole rings is 1. The molecule has 3 aromatic heterocycles. The van der Waals surface area contributed by atoms with E-state index in [0.717, 1.165) is 12.8 Å². The second-order valence-corrected chi connectivity index (χ2v) is 8.09. The summed E-state index contributed by atoms with van der Waals surface area (Å²) >= 11 is 6.43. The van der Waals surface area contributed by atoms with Crippen LogP contribution in [-0.2, 0) is 4.74 Å². The fourth-order valence-corrected chi connectivity index (χ4v) is 3.97. The Morgan fingerprint density at radius 3 is 2.77 bits per heavy atom. The van der Waals surface area contributed by atoms with Gasteiger partial charge in [-0.3, -0.25) is 4.57 Å². The van der Waals surface area contributed by atoms with Crippen LogP contribution in [0.15, 0.2) is 22.8 Å². The molecule has 2 atom stereocenters. The normalized spacial score (nSPS) is 18.4. The molecule has 1 fully saturated rings. The van der Waals surface area contributed by atoms with Crippen molar-refractivity contribution in [3.63, 3.8) is 0 Å². The molecule has 0 amide bonds. The average molecular weight is 443 g/mol. The van der Waals surface area contributed by atoms with E-state index < -0.39 is 12.3 Å². The number of nitrogens with zero attached hydrogens (tertiary/aromatic N) is 4. The van der Waals surface area contributed by atoms with Gasteiger partial charge < -0.3 is 14.3 Å². The Labute approximate surface area is 186 Å². The Hall–Kier alpha value is -2.40. The zero-order chi connectivity index (χ0) is 21.6. The van der Waals surface area contributed by atoms with E-state index >= 15 is 0 Å². The number of fused-ring (bicyclic) bond motifs is 1. The number of hydrogen-bond donors (Lipinski definition) is 1. The SMILES string of the molecule is CCCCCCCCC#Cc1nc(Cl)c2nc(-c3ccco3)n([C@@H]3OCC[C@H]3O)c2n1. The third-order valence-electron chi connectivity index (χ3n) is 5.38. The summed E-state index contributed by atoms with van der Waals surface area (Å²) in [4.78, 5) is 13.5. The van der Waals surface area contributed by atoms with Crippen molar-refractivity contribution in [2.75, 3.05) is 6.61 Å². The van der Waals surface area contributed by atoms with Crippen molar-refractivity contribution in [2.45, 2.75) is 70.6 Å². The van der Waals surface area contributed by atoms with E-state index in [2.05, 4.69) is 33.7 Å². The van der Waals surface area contributed by atoms with E-state index in [1.54, 1.807) is 23.0 Å². The van der Waals surface area contributed by atoms with Gasteiger partial charge in [-0.15, -0.1) is 0 Å². The lowest BCUT2D eigenvalue weighted by atomic mass is 10.1. The van der Waals surface area contributed by atoms with Gasteiger partial charge in [-0.2, -0.15) is 0 Å². The Morgan fingerprint density at radius 2 is 2.03 bits per heavy atom. The van der Waals surface area contributed by atoms with Crippen LogP contribution in [0.4, 0.5) is 0 Å². The van der Waals surface area contributed by atoms with Crippen LogP contribution < -0.4 is 0 Å². The standard InChI is InChI=1S/C23H27ClN4O3/c1-2-3-4-5-6-7-8-9-12-18-25-20(24)19-22(26-18)28(23-16(29)13-15-31-23)21(27-19)17-11-10-14-30-17/h10-11,14,16,23,29H,2-8,13,15H2,1H3/t16-,23-/m1/s1. The van der Waals surface area contributed by atoms with E-state index in [-0.39, 0.29) is 5.15 Å². The maximum absolute atomic E-state index is 10.5. The topological polar surface area (TPSA) is 86.2 Å². The molecule has 1 aliphatic heterocycles. The minimum atomic E-state index is -0.679. The quantitative estimate of drug-likeness (QED) is 0.296. The molecule has 164 valence electrons. The molecule has 1 saturated heterocycles. The van der Waals surface area contributed by atoms with E-state index in [9.17, 15) is 5.11 Å². The van der Waals surface area contributed by atoms with Crippen molar-refractivity contribution in [1.82, 2.24) is 19.5 Å². The third kappa shape index (κ3) is 4.93. The highest BCUT2D eigenvalue weighted by atomic mass is 35.5. The number of furan rings is 1. The van der Waals surface area contributed by atoms with Gasteiger partial charge >= 0.3 is 0 Å². The minimum Gasteiger partial charge on any atom is -0.461 e. The van der Waals surface area contributed by atoms with Crippen LogP contribution in [0.2, 0.25) is 5.15 Å². The molecule has 0 aromatic carbocycles. The number of ether oxygens (including phenoxy) is 1. The molecule has 0 bridgehead atoms. The monoisotopic (exact) mass is 442 g/mol. The first kappa shape index (κ1) is 21.8. The molecule has 4 heterocycles. The second-order valence-electron chi connectivity index (χ2n) is 7.73. The van der Waals surface area contributed by atoms with Gasteiger partial charge in [0.2, 0.25) is 5.82 Å². The smallest absolute Gasteiger partial charge is 0.208 e. The third-order valence-corrected chi connectivity index (χ3v) is 5.64. The number of aliphatic hydroxyl groups excluding tert-OH is 1.